The molecule has 0 amide bonds. The van der Waals surface area contributed by atoms with Gasteiger partial charge in [0.2, 0.25) is 0 Å². The Morgan fingerprint density at radius 2 is 1.94 bits per heavy atom. The van der Waals surface area contributed by atoms with Gasteiger partial charge < -0.3 is 5.11 Å². The molecular formula is C11H10F3NO2S. The van der Waals surface area contributed by atoms with Crippen molar-refractivity contribution in [2.45, 2.75) is 37.8 Å². The van der Waals surface area contributed by atoms with Gasteiger partial charge in [0, 0.05) is 10.3 Å². The highest BCUT2D eigenvalue weighted by molar-refractivity contribution is 7.11. The highest BCUT2D eigenvalue weighted by atomic mass is 32.1. The summed E-state index contributed by atoms with van der Waals surface area (Å²) in [6, 6.07) is 0. The van der Waals surface area contributed by atoms with Crippen LogP contribution in [0.4, 0.5) is 13.2 Å². The predicted octanol–water partition coefficient (Wildman–Crippen LogP) is 2.98. The second kappa shape index (κ2) is 3.07. The zero-order valence-corrected chi connectivity index (χ0v) is 10.3. The van der Waals surface area contributed by atoms with Gasteiger partial charge in [-0.15, -0.1) is 11.3 Å². The van der Waals surface area contributed by atoms with Gasteiger partial charge in [-0.3, -0.25) is 4.79 Å². The highest BCUT2D eigenvalue weighted by Crippen LogP contribution is 2.74. The first-order valence-corrected chi connectivity index (χ1v) is 6.29. The smallest absolute Gasteiger partial charge is 0.434 e. The number of nitrogens with zero attached hydrogens (tertiary/aromatic N) is 1. The molecule has 18 heavy (non-hydrogen) atoms. The third-order valence-corrected chi connectivity index (χ3v) is 5.22. The molecule has 1 heterocycles. The van der Waals surface area contributed by atoms with Crippen LogP contribution in [0.15, 0.2) is 0 Å². The lowest BCUT2D eigenvalue weighted by Crippen LogP contribution is -2.67. The van der Waals surface area contributed by atoms with Crippen molar-refractivity contribution in [2.75, 3.05) is 0 Å². The third kappa shape index (κ3) is 1.31. The normalized spacial score (nSPS) is 33.8. The van der Waals surface area contributed by atoms with E-state index in [1.54, 1.807) is 0 Å². The fourth-order valence-corrected chi connectivity index (χ4v) is 4.25. The first-order chi connectivity index (χ1) is 8.19. The van der Waals surface area contributed by atoms with Crippen LogP contribution in [-0.2, 0) is 16.4 Å². The van der Waals surface area contributed by atoms with E-state index in [4.69, 9.17) is 5.11 Å². The molecule has 3 aliphatic carbocycles. The number of aryl methyl sites for hydroxylation is 1. The summed E-state index contributed by atoms with van der Waals surface area (Å²) < 4.78 is 37.9. The molecule has 0 aromatic carbocycles. The van der Waals surface area contributed by atoms with Crippen LogP contribution in [0.25, 0.3) is 0 Å². The van der Waals surface area contributed by atoms with Crippen molar-refractivity contribution in [1.29, 1.82) is 0 Å². The number of hydrogen-bond donors (Lipinski definition) is 1. The lowest BCUT2D eigenvalue weighted by Gasteiger charge is -2.67. The Bertz CT molecular complexity index is 529. The summed E-state index contributed by atoms with van der Waals surface area (Å²) in [4.78, 5) is 14.8. The summed E-state index contributed by atoms with van der Waals surface area (Å²) in [6.07, 6.45) is -3.13. The van der Waals surface area contributed by atoms with Crippen LogP contribution in [0.5, 0.6) is 0 Å². The Morgan fingerprint density at radius 1 is 1.39 bits per heavy atom. The number of carboxylic acid groups (broad SMARTS) is 1. The molecule has 3 nitrogen and oxygen atoms in total. The quantitative estimate of drug-likeness (QED) is 0.904. The van der Waals surface area contributed by atoms with Gasteiger partial charge in [-0.05, 0) is 26.2 Å². The molecular weight excluding hydrogens is 267 g/mol. The first-order valence-electron chi connectivity index (χ1n) is 5.47. The maximum atomic E-state index is 12.6. The number of aliphatic carboxylic acids is 1. The highest BCUT2D eigenvalue weighted by Gasteiger charge is 2.73. The molecule has 0 atom stereocenters. The van der Waals surface area contributed by atoms with Gasteiger partial charge in [-0.25, -0.2) is 4.98 Å². The van der Waals surface area contributed by atoms with Crippen molar-refractivity contribution in [3.05, 3.63) is 15.6 Å². The van der Waals surface area contributed by atoms with Crippen LogP contribution >= 0.6 is 11.3 Å². The largest absolute Gasteiger partial charge is 0.481 e. The molecule has 0 unspecified atom stereocenters. The van der Waals surface area contributed by atoms with E-state index in [0.717, 1.165) is 11.3 Å². The minimum absolute atomic E-state index is 0.159. The molecule has 3 fully saturated rings. The van der Waals surface area contributed by atoms with E-state index < -0.39 is 28.7 Å². The monoisotopic (exact) mass is 277 g/mol. The van der Waals surface area contributed by atoms with Crippen molar-refractivity contribution >= 4 is 17.3 Å². The summed E-state index contributed by atoms with van der Waals surface area (Å²) in [5, 5.41) is 9.44. The summed E-state index contributed by atoms with van der Waals surface area (Å²) in [7, 11) is 0. The van der Waals surface area contributed by atoms with E-state index in [2.05, 4.69) is 4.98 Å². The van der Waals surface area contributed by atoms with Gasteiger partial charge in [-0.2, -0.15) is 13.2 Å². The maximum Gasteiger partial charge on any atom is 0.434 e. The lowest BCUT2D eigenvalue weighted by atomic mass is 9.35. The van der Waals surface area contributed by atoms with Crippen LogP contribution in [0.3, 0.4) is 0 Å². The average molecular weight is 277 g/mol. The second-order valence-corrected chi connectivity index (χ2v) is 6.52. The molecule has 1 N–H and O–H groups in total. The zero-order chi connectivity index (χ0) is 13.3. The fourth-order valence-electron chi connectivity index (χ4n) is 3.13. The molecule has 1 aromatic heterocycles. The summed E-state index contributed by atoms with van der Waals surface area (Å²) in [6.45, 7) is 1.41. The van der Waals surface area contributed by atoms with Crippen molar-refractivity contribution in [2.24, 2.45) is 5.41 Å². The number of carbonyl (C=O) groups is 1. The molecule has 0 radical (unpaired) electrons. The maximum absolute atomic E-state index is 12.6. The van der Waals surface area contributed by atoms with Gasteiger partial charge in [-0.1, -0.05) is 0 Å². The lowest BCUT2D eigenvalue weighted by molar-refractivity contribution is -0.194. The number of thiazole rings is 1. The standard InChI is InChI=1S/C11H10F3NO2S/c1-5-6(11(12,13)14)15-7(18-5)9-2-10(3-9,4-9)8(16)17/h2-4H2,1H3,(H,16,17). The van der Waals surface area contributed by atoms with Crippen molar-refractivity contribution in [3.8, 4) is 0 Å². The molecule has 0 aliphatic heterocycles. The topological polar surface area (TPSA) is 50.2 Å². The van der Waals surface area contributed by atoms with Gasteiger partial charge in [0.25, 0.3) is 0 Å². The first kappa shape index (κ1) is 12.0. The number of hydrogen-bond acceptors (Lipinski definition) is 3. The number of alkyl halides is 3. The molecule has 3 aliphatic rings. The Morgan fingerprint density at radius 3 is 2.33 bits per heavy atom. The second-order valence-electron chi connectivity index (χ2n) is 5.32. The van der Waals surface area contributed by atoms with Crippen LogP contribution in [-0.4, -0.2) is 16.1 Å². The van der Waals surface area contributed by atoms with E-state index in [1.165, 1.54) is 6.92 Å². The predicted molar refractivity (Wildman–Crippen MR) is 57.5 cm³/mol. The van der Waals surface area contributed by atoms with Crippen LogP contribution in [0.2, 0.25) is 0 Å². The van der Waals surface area contributed by atoms with Gasteiger partial charge in [0.1, 0.15) is 0 Å². The fraction of sp³-hybridized carbons (Fsp3) is 0.636. The van der Waals surface area contributed by atoms with E-state index in [-0.39, 0.29) is 4.88 Å². The van der Waals surface area contributed by atoms with Gasteiger partial charge in [0.05, 0.1) is 10.4 Å². The number of halogens is 3. The summed E-state index contributed by atoms with van der Waals surface area (Å²) in [5.41, 5.74) is -1.90. The number of rotatable bonds is 2. The Labute approximate surface area is 105 Å². The van der Waals surface area contributed by atoms with E-state index in [9.17, 15) is 18.0 Å². The SMILES string of the molecule is Cc1sc(C23CC(C(=O)O)(C2)C3)nc1C(F)(F)F. The Hall–Kier alpha value is -1.11. The van der Waals surface area contributed by atoms with Crippen molar-refractivity contribution in [1.82, 2.24) is 4.98 Å². The van der Waals surface area contributed by atoms with Crippen molar-refractivity contribution in [3.63, 3.8) is 0 Å². The summed E-state index contributed by atoms with van der Waals surface area (Å²) in [5.74, 6) is -0.839. The van der Waals surface area contributed by atoms with Crippen molar-refractivity contribution < 1.29 is 23.1 Å². The number of carboxylic acids is 1. The molecule has 2 bridgehead atoms. The molecule has 4 rings (SSSR count). The molecule has 98 valence electrons. The summed E-state index contributed by atoms with van der Waals surface area (Å²) >= 11 is 1.05. The Kier molecular flexibility index (Phi) is 2.04. The Balaban J connectivity index is 1.88. The minimum atomic E-state index is -4.42. The molecule has 0 spiro atoms. The van der Waals surface area contributed by atoms with Crippen LogP contribution in [0.1, 0.15) is 34.8 Å². The third-order valence-electron chi connectivity index (χ3n) is 4.00. The van der Waals surface area contributed by atoms with Crippen LogP contribution < -0.4 is 0 Å². The van der Waals surface area contributed by atoms with E-state index in [0.29, 0.717) is 24.3 Å². The zero-order valence-electron chi connectivity index (χ0n) is 9.47. The molecule has 0 saturated heterocycles. The molecule has 3 saturated carbocycles. The molecule has 1 aromatic rings. The minimum Gasteiger partial charge on any atom is -0.481 e. The van der Waals surface area contributed by atoms with Crippen LogP contribution in [0, 0.1) is 12.3 Å². The number of aromatic nitrogens is 1. The average Bonchev–Trinajstić information content (AvgIpc) is 2.40. The van der Waals surface area contributed by atoms with Gasteiger partial charge >= 0.3 is 12.1 Å². The van der Waals surface area contributed by atoms with Gasteiger partial charge in [0.15, 0.2) is 5.69 Å². The van der Waals surface area contributed by atoms with E-state index in [1.807, 2.05) is 0 Å². The molecule has 7 heteroatoms. The van der Waals surface area contributed by atoms with E-state index >= 15 is 0 Å².